The zero-order valence-electron chi connectivity index (χ0n) is 24.6. The average molecular weight is 635 g/mol. The number of benzene rings is 1. The molecule has 12 nitrogen and oxygen atoms in total. The molecular formula is C31H31FN6O6S. The molecule has 7 rings (SSSR count). The Bertz CT molecular complexity index is 1860. The van der Waals surface area contributed by atoms with Crippen LogP contribution in [0.2, 0.25) is 0 Å². The van der Waals surface area contributed by atoms with E-state index >= 15 is 0 Å². The molecule has 0 bridgehead atoms. The fraction of sp³-hybridized carbons (Fsp3) is 0.355. The van der Waals surface area contributed by atoms with E-state index in [1.807, 2.05) is 11.0 Å². The lowest BCUT2D eigenvalue weighted by Crippen LogP contribution is -2.53. The molecule has 3 aliphatic rings. The van der Waals surface area contributed by atoms with Gasteiger partial charge in [0.25, 0.3) is 0 Å². The molecule has 3 aromatic heterocycles. The highest BCUT2D eigenvalue weighted by Gasteiger charge is 2.52. The van der Waals surface area contributed by atoms with Gasteiger partial charge in [-0.05, 0) is 73.4 Å². The minimum Gasteiger partial charge on any atom is -0.458 e. The lowest BCUT2D eigenvalue weighted by molar-refractivity contribution is -0.156. The Morgan fingerprint density at radius 2 is 1.89 bits per heavy atom. The normalized spacial score (nSPS) is 20.3. The summed E-state index contributed by atoms with van der Waals surface area (Å²) in [4.78, 5) is 20.6. The third-order valence-electron chi connectivity index (χ3n) is 8.56. The lowest BCUT2D eigenvalue weighted by Gasteiger charge is -2.43. The molecule has 0 spiro atoms. The van der Waals surface area contributed by atoms with Gasteiger partial charge in [0.2, 0.25) is 10.0 Å². The van der Waals surface area contributed by atoms with Crippen molar-refractivity contribution in [3.63, 3.8) is 0 Å². The summed E-state index contributed by atoms with van der Waals surface area (Å²) >= 11 is 0. The van der Waals surface area contributed by atoms with Crippen LogP contribution < -0.4 is 4.90 Å². The van der Waals surface area contributed by atoms with Crippen molar-refractivity contribution in [2.75, 3.05) is 44.3 Å². The number of halogens is 1. The molecule has 0 unspecified atom stereocenters. The number of esters is 1. The number of fused-ring (bicyclic) bond motifs is 2. The number of carbonyl (C=O) groups is 1. The van der Waals surface area contributed by atoms with Crippen LogP contribution in [-0.4, -0.2) is 78.0 Å². The van der Waals surface area contributed by atoms with E-state index < -0.39 is 21.4 Å². The van der Waals surface area contributed by atoms with E-state index in [1.165, 1.54) is 22.6 Å². The van der Waals surface area contributed by atoms with E-state index in [9.17, 15) is 17.6 Å². The van der Waals surface area contributed by atoms with Crippen LogP contribution in [-0.2, 0) is 37.3 Å². The summed E-state index contributed by atoms with van der Waals surface area (Å²) in [7, 11) is -4.01. The lowest BCUT2D eigenvalue weighted by atomic mass is 9.69. The van der Waals surface area contributed by atoms with Crippen molar-refractivity contribution in [3.8, 4) is 5.69 Å². The number of pyridine rings is 1. The SMILES string of the molecule is Cc1cc(COC(=O)[C@]23Cc4cnn(-c5ccc(F)cc5)c4C=C2CCN(S(=O)(=O)c2ccc(N4CCOCC4)nc2)C3)no1. The number of aryl methyl sites for hydroxylation is 1. The van der Waals surface area contributed by atoms with E-state index in [4.69, 9.17) is 14.0 Å². The number of aromatic nitrogens is 4. The van der Waals surface area contributed by atoms with Crippen molar-refractivity contribution in [1.82, 2.24) is 24.2 Å². The standard InChI is InChI=1S/C31H31FN6O6S/c1-21-14-25(35-44-21)19-43-30(39)31-16-22-17-34-38(26-4-2-24(32)3-5-26)28(22)15-23(31)8-9-37(20-31)45(40,41)27-6-7-29(33-18-27)36-10-12-42-13-11-36/h2-7,14-15,17-18H,8-13,16,19-20H2,1H3/t31-/m0/s1. The van der Waals surface area contributed by atoms with Gasteiger partial charge in [0, 0.05) is 38.4 Å². The van der Waals surface area contributed by atoms with Gasteiger partial charge in [-0.1, -0.05) is 5.16 Å². The summed E-state index contributed by atoms with van der Waals surface area (Å²) in [5.41, 5.74) is 2.07. The quantitative estimate of drug-likeness (QED) is 0.279. The van der Waals surface area contributed by atoms with Crippen LogP contribution in [0, 0.1) is 18.2 Å². The van der Waals surface area contributed by atoms with E-state index in [2.05, 4.69) is 15.2 Å². The van der Waals surface area contributed by atoms with E-state index in [0.29, 0.717) is 55.7 Å². The third-order valence-corrected chi connectivity index (χ3v) is 10.4. The Morgan fingerprint density at radius 3 is 2.60 bits per heavy atom. The number of morpholine rings is 1. The van der Waals surface area contributed by atoms with Crippen LogP contribution in [0.1, 0.15) is 29.1 Å². The van der Waals surface area contributed by atoms with Crippen LogP contribution >= 0.6 is 0 Å². The second-order valence-electron chi connectivity index (χ2n) is 11.4. The number of carbonyl (C=O) groups excluding carboxylic acids is 1. The first-order valence-electron chi connectivity index (χ1n) is 14.7. The maximum absolute atomic E-state index is 14.0. The van der Waals surface area contributed by atoms with Crippen LogP contribution in [0.4, 0.5) is 10.2 Å². The first-order chi connectivity index (χ1) is 21.7. The number of ether oxygens (including phenoxy) is 2. The molecule has 1 aromatic carbocycles. The third kappa shape index (κ3) is 5.42. The van der Waals surface area contributed by atoms with Crippen LogP contribution in [0.15, 0.2) is 69.8 Å². The summed E-state index contributed by atoms with van der Waals surface area (Å²) in [6, 6.07) is 10.9. The number of nitrogens with zero attached hydrogens (tertiary/aromatic N) is 6. The zero-order chi connectivity index (χ0) is 31.2. The molecular weight excluding hydrogens is 603 g/mol. The average Bonchev–Trinajstić information content (AvgIpc) is 3.68. The molecule has 14 heteroatoms. The molecule has 2 aliphatic heterocycles. The minimum atomic E-state index is -4.01. The minimum absolute atomic E-state index is 0.0501. The largest absolute Gasteiger partial charge is 0.458 e. The summed E-state index contributed by atoms with van der Waals surface area (Å²) in [5, 5.41) is 8.45. The van der Waals surface area contributed by atoms with Gasteiger partial charge in [0.15, 0.2) is 0 Å². The van der Waals surface area contributed by atoms with Gasteiger partial charge in [-0.3, -0.25) is 4.79 Å². The number of piperidine rings is 1. The Hall–Kier alpha value is -4.40. The van der Waals surface area contributed by atoms with Gasteiger partial charge >= 0.3 is 5.97 Å². The molecule has 4 aromatic rings. The van der Waals surface area contributed by atoms with Gasteiger partial charge in [-0.15, -0.1) is 0 Å². The summed E-state index contributed by atoms with van der Waals surface area (Å²) in [5.74, 6) is 0.345. The maximum atomic E-state index is 14.0. The van der Waals surface area contributed by atoms with Crippen molar-refractivity contribution >= 4 is 27.9 Å². The first kappa shape index (κ1) is 29.3. The Balaban J connectivity index is 1.20. The summed E-state index contributed by atoms with van der Waals surface area (Å²) in [6.45, 7) is 4.20. The number of hydrogen-bond acceptors (Lipinski definition) is 10. The fourth-order valence-corrected chi connectivity index (χ4v) is 7.64. The molecule has 0 radical (unpaired) electrons. The molecule has 1 aliphatic carbocycles. The zero-order valence-corrected chi connectivity index (χ0v) is 25.4. The molecule has 1 atom stereocenters. The number of rotatable bonds is 7. The first-order valence-corrected chi connectivity index (χ1v) is 16.1. The highest BCUT2D eigenvalue weighted by Crippen LogP contribution is 2.46. The Morgan fingerprint density at radius 1 is 1.09 bits per heavy atom. The van der Waals surface area contributed by atoms with Gasteiger partial charge in [0.1, 0.15) is 40.0 Å². The number of sulfonamides is 1. The maximum Gasteiger partial charge on any atom is 0.318 e. The van der Waals surface area contributed by atoms with Crippen LogP contribution in [0.25, 0.3) is 11.8 Å². The predicted molar refractivity (Wildman–Crippen MR) is 159 cm³/mol. The van der Waals surface area contributed by atoms with Gasteiger partial charge in [-0.25, -0.2) is 22.5 Å². The van der Waals surface area contributed by atoms with E-state index in [-0.39, 0.29) is 36.8 Å². The highest BCUT2D eigenvalue weighted by molar-refractivity contribution is 7.89. The highest BCUT2D eigenvalue weighted by atomic mass is 32.2. The molecule has 0 saturated carbocycles. The van der Waals surface area contributed by atoms with Crippen molar-refractivity contribution in [3.05, 3.63) is 89.0 Å². The van der Waals surface area contributed by atoms with Gasteiger partial charge in [-0.2, -0.15) is 9.40 Å². The van der Waals surface area contributed by atoms with Crippen molar-refractivity contribution in [1.29, 1.82) is 0 Å². The monoisotopic (exact) mass is 634 g/mol. The van der Waals surface area contributed by atoms with Crippen molar-refractivity contribution in [2.24, 2.45) is 5.41 Å². The molecule has 2 fully saturated rings. The number of hydrogen-bond donors (Lipinski definition) is 0. The smallest absolute Gasteiger partial charge is 0.318 e. The molecule has 0 amide bonds. The van der Waals surface area contributed by atoms with Gasteiger partial charge < -0.3 is 18.9 Å². The molecule has 5 heterocycles. The predicted octanol–water partition coefficient (Wildman–Crippen LogP) is 3.30. The summed E-state index contributed by atoms with van der Waals surface area (Å²) in [6.07, 6.45) is 5.38. The second kappa shape index (κ2) is 11.5. The second-order valence-corrected chi connectivity index (χ2v) is 13.4. The van der Waals surface area contributed by atoms with E-state index in [0.717, 1.165) is 16.8 Å². The molecule has 45 heavy (non-hydrogen) atoms. The number of anilines is 1. The topological polar surface area (TPSA) is 133 Å². The van der Waals surface area contributed by atoms with E-state index in [1.54, 1.807) is 48.1 Å². The van der Waals surface area contributed by atoms with Crippen molar-refractivity contribution < 1.29 is 31.6 Å². The summed E-state index contributed by atoms with van der Waals surface area (Å²) < 4.78 is 60.9. The molecule has 0 N–H and O–H groups in total. The van der Waals surface area contributed by atoms with Crippen molar-refractivity contribution in [2.45, 2.75) is 31.3 Å². The van der Waals surface area contributed by atoms with Gasteiger partial charge in [0.05, 0.1) is 30.8 Å². The van der Waals surface area contributed by atoms with Crippen LogP contribution in [0.5, 0.6) is 0 Å². The van der Waals surface area contributed by atoms with Crippen LogP contribution in [0.3, 0.4) is 0 Å². The molecule has 234 valence electrons. The molecule has 2 saturated heterocycles. The Kier molecular flexibility index (Phi) is 7.50. The fourth-order valence-electron chi connectivity index (χ4n) is 6.20. The Labute approximate surface area is 259 Å².